The summed E-state index contributed by atoms with van der Waals surface area (Å²) in [6.45, 7) is 0.0651. The van der Waals surface area contributed by atoms with E-state index in [-0.39, 0.29) is 17.9 Å². The SMILES string of the molecule is Cn1nnc(COc2cc(F)cc(C=O)c2)n1. The van der Waals surface area contributed by atoms with Gasteiger partial charge in [0.1, 0.15) is 17.9 Å². The number of hydrogen-bond acceptors (Lipinski definition) is 5. The van der Waals surface area contributed by atoms with Crippen molar-refractivity contribution < 1.29 is 13.9 Å². The van der Waals surface area contributed by atoms with E-state index in [4.69, 9.17) is 4.74 Å². The molecular weight excluding hydrogens is 227 g/mol. The van der Waals surface area contributed by atoms with Crippen LogP contribution in [0.1, 0.15) is 16.2 Å². The molecule has 0 atom stereocenters. The standard InChI is InChI=1S/C10H9FN4O2/c1-15-13-10(12-14-15)6-17-9-3-7(5-16)2-8(11)4-9/h2-5H,6H2,1H3. The van der Waals surface area contributed by atoms with Crippen LogP contribution in [-0.2, 0) is 13.7 Å². The fourth-order valence-electron chi connectivity index (χ4n) is 1.26. The molecule has 0 aliphatic rings. The van der Waals surface area contributed by atoms with Gasteiger partial charge in [0.15, 0.2) is 6.61 Å². The number of aldehydes is 1. The Morgan fingerprint density at radius 2 is 2.29 bits per heavy atom. The van der Waals surface area contributed by atoms with Crippen LogP contribution >= 0.6 is 0 Å². The number of tetrazole rings is 1. The summed E-state index contributed by atoms with van der Waals surface area (Å²) in [4.78, 5) is 11.8. The average Bonchev–Trinajstić information content (AvgIpc) is 2.72. The summed E-state index contributed by atoms with van der Waals surface area (Å²) < 4.78 is 18.3. The summed E-state index contributed by atoms with van der Waals surface area (Å²) >= 11 is 0. The van der Waals surface area contributed by atoms with Crippen LogP contribution in [0.5, 0.6) is 5.75 Å². The predicted molar refractivity (Wildman–Crippen MR) is 54.9 cm³/mol. The number of carbonyl (C=O) groups excluding carboxylic acids is 1. The minimum absolute atomic E-state index is 0.0651. The number of benzene rings is 1. The molecule has 0 unspecified atom stereocenters. The van der Waals surface area contributed by atoms with Gasteiger partial charge in [0.25, 0.3) is 0 Å². The minimum Gasteiger partial charge on any atom is -0.485 e. The first-order valence-corrected chi connectivity index (χ1v) is 4.79. The molecule has 0 saturated carbocycles. The molecule has 6 nitrogen and oxygen atoms in total. The van der Waals surface area contributed by atoms with Crippen LogP contribution in [0.3, 0.4) is 0 Å². The highest BCUT2D eigenvalue weighted by molar-refractivity contribution is 5.75. The number of rotatable bonds is 4. The molecule has 0 saturated heterocycles. The number of hydrogen-bond donors (Lipinski definition) is 0. The number of aryl methyl sites for hydroxylation is 1. The highest BCUT2D eigenvalue weighted by Gasteiger charge is 2.04. The van der Waals surface area contributed by atoms with Crippen molar-refractivity contribution in [3.63, 3.8) is 0 Å². The van der Waals surface area contributed by atoms with E-state index in [0.29, 0.717) is 12.1 Å². The fourth-order valence-corrected chi connectivity index (χ4v) is 1.26. The quantitative estimate of drug-likeness (QED) is 0.732. The molecule has 0 bridgehead atoms. The average molecular weight is 236 g/mol. The maximum atomic E-state index is 13.1. The van der Waals surface area contributed by atoms with Crippen LogP contribution in [-0.4, -0.2) is 26.5 Å². The zero-order chi connectivity index (χ0) is 12.3. The zero-order valence-corrected chi connectivity index (χ0v) is 9.00. The summed E-state index contributed by atoms with van der Waals surface area (Å²) in [6.07, 6.45) is 0.552. The molecule has 0 aliphatic carbocycles. The second-order valence-electron chi connectivity index (χ2n) is 3.32. The van der Waals surface area contributed by atoms with Gasteiger partial charge in [0.05, 0.1) is 7.05 Å². The van der Waals surface area contributed by atoms with Crippen molar-refractivity contribution in [2.24, 2.45) is 7.05 Å². The van der Waals surface area contributed by atoms with Crippen molar-refractivity contribution in [3.05, 3.63) is 35.4 Å². The van der Waals surface area contributed by atoms with E-state index >= 15 is 0 Å². The van der Waals surface area contributed by atoms with Gasteiger partial charge in [-0.25, -0.2) is 4.39 Å². The second-order valence-corrected chi connectivity index (χ2v) is 3.32. The second kappa shape index (κ2) is 4.69. The minimum atomic E-state index is -0.531. The molecule has 0 spiro atoms. The van der Waals surface area contributed by atoms with Gasteiger partial charge in [-0.05, 0) is 17.3 Å². The van der Waals surface area contributed by atoms with Crippen molar-refractivity contribution in [2.75, 3.05) is 0 Å². The van der Waals surface area contributed by atoms with Gasteiger partial charge in [-0.1, -0.05) is 0 Å². The molecule has 88 valence electrons. The van der Waals surface area contributed by atoms with Crippen LogP contribution in [0.15, 0.2) is 18.2 Å². The van der Waals surface area contributed by atoms with Crippen molar-refractivity contribution in [3.8, 4) is 5.75 Å². The van der Waals surface area contributed by atoms with E-state index in [9.17, 15) is 9.18 Å². The van der Waals surface area contributed by atoms with Gasteiger partial charge in [-0.2, -0.15) is 4.80 Å². The molecule has 1 aromatic heterocycles. The third kappa shape index (κ3) is 2.83. The zero-order valence-electron chi connectivity index (χ0n) is 9.00. The third-order valence-electron chi connectivity index (χ3n) is 1.95. The van der Waals surface area contributed by atoms with E-state index in [0.717, 1.165) is 6.07 Å². The first-order valence-electron chi connectivity index (χ1n) is 4.79. The third-order valence-corrected chi connectivity index (χ3v) is 1.95. The highest BCUT2D eigenvalue weighted by atomic mass is 19.1. The molecule has 0 amide bonds. The van der Waals surface area contributed by atoms with Crippen molar-refractivity contribution in [1.29, 1.82) is 0 Å². The Morgan fingerprint density at radius 3 is 2.94 bits per heavy atom. The fraction of sp³-hybridized carbons (Fsp3) is 0.200. The van der Waals surface area contributed by atoms with E-state index in [1.807, 2.05) is 0 Å². The van der Waals surface area contributed by atoms with Gasteiger partial charge in [-0.15, -0.1) is 10.2 Å². The Labute approximate surface area is 96.0 Å². The predicted octanol–water partition coefficient (Wildman–Crippen LogP) is 0.741. The number of nitrogens with zero attached hydrogens (tertiary/aromatic N) is 4. The van der Waals surface area contributed by atoms with Gasteiger partial charge >= 0.3 is 0 Å². The molecule has 0 radical (unpaired) electrons. The van der Waals surface area contributed by atoms with E-state index in [1.54, 1.807) is 7.05 Å². The molecule has 2 aromatic rings. The number of ether oxygens (including phenoxy) is 1. The Hall–Kier alpha value is -2.31. The molecule has 1 aromatic carbocycles. The Bertz CT molecular complexity index is 541. The smallest absolute Gasteiger partial charge is 0.212 e. The first kappa shape index (κ1) is 11.2. The van der Waals surface area contributed by atoms with Crippen molar-refractivity contribution >= 4 is 6.29 Å². The molecule has 2 rings (SSSR count). The number of carbonyl (C=O) groups is 1. The summed E-state index contributed by atoms with van der Waals surface area (Å²) in [5, 5.41) is 11.2. The summed E-state index contributed by atoms with van der Waals surface area (Å²) in [7, 11) is 1.63. The summed E-state index contributed by atoms with van der Waals surface area (Å²) in [6, 6.07) is 3.75. The Morgan fingerprint density at radius 1 is 1.47 bits per heavy atom. The molecule has 1 heterocycles. The van der Waals surface area contributed by atoms with Crippen LogP contribution in [0.2, 0.25) is 0 Å². The summed E-state index contributed by atoms with van der Waals surface area (Å²) in [5.41, 5.74) is 0.215. The summed E-state index contributed by atoms with van der Waals surface area (Å²) in [5.74, 6) is 0.0978. The Kier molecular flexibility index (Phi) is 3.08. The molecule has 17 heavy (non-hydrogen) atoms. The Balaban J connectivity index is 2.08. The van der Waals surface area contributed by atoms with Crippen LogP contribution in [0.4, 0.5) is 4.39 Å². The maximum absolute atomic E-state index is 13.1. The monoisotopic (exact) mass is 236 g/mol. The topological polar surface area (TPSA) is 69.9 Å². The van der Waals surface area contributed by atoms with Crippen molar-refractivity contribution in [1.82, 2.24) is 20.2 Å². The largest absolute Gasteiger partial charge is 0.485 e. The molecular formula is C10H9FN4O2. The lowest BCUT2D eigenvalue weighted by molar-refractivity contribution is 0.112. The highest BCUT2D eigenvalue weighted by Crippen LogP contribution is 2.16. The van der Waals surface area contributed by atoms with Crippen LogP contribution < -0.4 is 4.74 Å². The molecule has 0 fully saturated rings. The van der Waals surface area contributed by atoms with E-state index in [2.05, 4.69) is 15.4 Å². The molecule has 7 heteroatoms. The molecule has 0 N–H and O–H groups in total. The lowest BCUT2D eigenvalue weighted by Gasteiger charge is -2.03. The van der Waals surface area contributed by atoms with Gasteiger partial charge in [0.2, 0.25) is 5.82 Å². The van der Waals surface area contributed by atoms with E-state index in [1.165, 1.54) is 16.9 Å². The maximum Gasteiger partial charge on any atom is 0.212 e. The van der Waals surface area contributed by atoms with Gasteiger partial charge in [0, 0.05) is 11.6 Å². The van der Waals surface area contributed by atoms with Gasteiger partial charge < -0.3 is 4.74 Å². The van der Waals surface area contributed by atoms with Crippen LogP contribution in [0, 0.1) is 5.82 Å². The number of aromatic nitrogens is 4. The van der Waals surface area contributed by atoms with Crippen LogP contribution in [0.25, 0.3) is 0 Å². The lowest BCUT2D eigenvalue weighted by atomic mass is 10.2. The normalized spacial score (nSPS) is 10.2. The van der Waals surface area contributed by atoms with E-state index < -0.39 is 5.82 Å². The lowest BCUT2D eigenvalue weighted by Crippen LogP contribution is -2.00. The number of halogens is 1. The molecule has 0 aliphatic heterocycles. The first-order chi connectivity index (χ1) is 8.17. The van der Waals surface area contributed by atoms with Gasteiger partial charge in [-0.3, -0.25) is 4.79 Å². The van der Waals surface area contributed by atoms with Crippen molar-refractivity contribution in [2.45, 2.75) is 6.61 Å².